The van der Waals surface area contributed by atoms with E-state index in [0.717, 1.165) is 17.8 Å². The third-order valence-corrected chi connectivity index (χ3v) is 7.75. The van der Waals surface area contributed by atoms with E-state index in [2.05, 4.69) is 0 Å². The van der Waals surface area contributed by atoms with Gasteiger partial charge in [0.1, 0.15) is 5.02 Å². The first kappa shape index (κ1) is 25.9. The van der Waals surface area contributed by atoms with Crippen LogP contribution >= 0.6 is 34.5 Å². The van der Waals surface area contributed by atoms with Gasteiger partial charge >= 0.3 is 0 Å². The molecule has 3 aromatic rings. The fourth-order valence-corrected chi connectivity index (χ4v) is 5.55. The minimum absolute atomic E-state index is 0.0902. The predicted octanol–water partition coefficient (Wildman–Crippen LogP) is 6.46. The number of ether oxygens (including phenoxy) is 2. The van der Waals surface area contributed by atoms with Crippen LogP contribution in [0.15, 0.2) is 41.8 Å². The standard InChI is InChI=1S/C25H23Cl2N3O5S/c1-34-21-7-4-15(23(27)24(21)35-2)5-8-22(31)29-11-9-16(10-12-29)25-28-19(14-36-25)17-3-6-18(26)20(13-17)30(32)33/h3-8,13-14,16H,9-12H2,1-2H3. The van der Waals surface area contributed by atoms with Gasteiger partial charge in [0, 0.05) is 42.1 Å². The summed E-state index contributed by atoms with van der Waals surface area (Å²) < 4.78 is 10.5. The lowest BCUT2D eigenvalue weighted by atomic mass is 9.97. The third-order valence-electron chi connectivity index (χ3n) is 6.04. The SMILES string of the molecule is COc1ccc(C=CC(=O)N2CCC(c3nc(-c4ccc(Cl)c([N+](=O)[O-])c4)cs3)CC2)c(Cl)c1OC. The Bertz CT molecular complexity index is 1320. The second kappa shape index (κ2) is 11.3. The molecule has 4 rings (SSSR count). The van der Waals surface area contributed by atoms with Crippen LogP contribution in [0.1, 0.15) is 29.3 Å². The number of hydrogen-bond donors (Lipinski definition) is 0. The van der Waals surface area contributed by atoms with Gasteiger partial charge in [-0.15, -0.1) is 11.3 Å². The number of methoxy groups -OCH3 is 2. The first-order chi connectivity index (χ1) is 17.3. The highest BCUT2D eigenvalue weighted by Crippen LogP contribution is 2.38. The van der Waals surface area contributed by atoms with Crippen LogP contribution < -0.4 is 9.47 Å². The van der Waals surface area contributed by atoms with Crippen molar-refractivity contribution in [1.29, 1.82) is 0 Å². The number of nitrogens with zero attached hydrogens (tertiary/aromatic N) is 3. The molecule has 0 spiro atoms. The highest BCUT2D eigenvalue weighted by molar-refractivity contribution is 7.10. The Balaban J connectivity index is 1.39. The van der Waals surface area contributed by atoms with Crippen molar-refractivity contribution >= 4 is 52.2 Å². The molecule has 1 fully saturated rings. The minimum Gasteiger partial charge on any atom is -0.493 e. The highest BCUT2D eigenvalue weighted by Gasteiger charge is 2.25. The first-order valence-corrected chi connectivity index (χ1v) is 12.7. The van der Waals surface area contributed by atoms with E-state index in [4.69, 9.17) is 37.7 Å². The van der Waals surface area contributed by atoms with E-state index in [1.54, 1.807) is 29.2 Å². The lowest BCUT2D eigenvalue weighted by molar-refractivity contribution is -0.384. The number of thiazole rings is 1. The maximum absolute atomic E-state index is 12.8. The van der Waals surface area contributed by atoms with Gasteiger partial charge in [-0.2, -0.15) is 0 Å². The number of carbonyl (C=O) groups is 1. The van der Waals surface area contributed by atoms with Crippen molar-refractivity contribution in [1.82, 2.24) is 9.88 Å². The predicted molar refractivity (Wildman–Crippen MR) is 141 cm³/mol. The Morgan fingerprint density at radius 3 is 2.61 bits per heavy atom. The smallest absolute Gasteiger partial charge is 0.288 e. The van der Waals surface area contributed by atoms with Gasteiger partial charge in [0.05, 0.1) is 34.9 Å². The van der Waals surface area contributed by atoms with Gasteiger partial charge in [-0.3, -0.25) is 14.9 Å². The van der Waals surface area contributed by atoms with Gasteiger partial charge < -0.3 is 14.4 Å². The molecular weight excluding hydrogens is 525 g/mol. The molecule has 0 unspecified atom stereocenters. The van der Waals surface area contributed by atoms with Crippen molar-refractivity contribution in [3.8, 4) is 22.8 Å². The maximum atomic E-state index is 12.8. The quantitative estimate of drug-likeness (QED) is 0.191. The minimum atomic E-state index is -0.501. The fraction of sp³-hybridized carbons (Fsp3) is 0.280. The second-order valence-corrected chi connectivity index (χ2v) is 9.81. The highest BCUT2D eigenvalue weighted by atomic mass is 35.5. The van der Waals surface area contributed by atoms with Crippen molar-refractivity contribution in [2.45, 2.75) is 18.8 Å². The van der Waals surface area contributed by atoms with Crippen LogP contribution in [0.2, 0.25) is 10.0 Å². The van der Waals surface area contributed by atoms with Crippen LogP contribution in [0.5, 0.6) is 11.5 Å². The van der Waals surface area contributed by atoms with Crippen LogP contribution in [0.25, 0.3) is 17.3 Å². The molecule has 0 N–H and O–H groups in total. The number of nitro groups is 1. The van der Waals surface area contributed by atoms with Gasteiger partial charge in [0.15, 0.2) is 11.5 Å². The van der Waals surface area contributed by atoms with E-state index < -0.39 is 4.92 Å². The summed E-state index contributed by atoms with van der Waals surface area (Å²) in [6, 6.07) is 8.20. The van der Waals surface area contributed by atoms with E-state index in [9.17, 15) is 14.9 Å². The molecule has 0 atom stereocenters. The number of hydrogen-bond acceptors (Lipinski definition) is 7. The zero-order valence-corrected chi connectivity index (χ0v) is 21.9. The number of amides is 1. The normalized spacial score (nSPS) is 14.3. The number of aromatic nitrogens is 1. The first-order valence-electron chi connectivity index (χ1n) is 11.1. The topological polar surface area (TPSA) is 94.8 Å². The molecule has 2 heterocycles. The van der Waals surface area contributed by atoms with Crippen molar-refractivity contribution in [2.24, 2.45) is 0 Å². The lowest BCUT2D eigenvalue weighted by Gasteiger charge is -2.30. The molecule has 36 heavy (non-hydrogen) atoms. The van der Waals surface area contributed by atoms with Crippen molar-refractivity contribution in [2.75, 3.05) is 27.3 Å². The molecule has 8 nitrogen and oxygen atoms in total. The third kappa shape index (κ3) is 5.48. The summed E-state index contributed by atoms with van der Waals surface area (Å²) in [4.78, 5) is 30.0. The van der Waals surface area contributed by atoms with Crippen LogP contribution in [0.4, 0.5) is 5.69 Å². The van der Waals surface area contributed by atoms with Gasteiger partial charge in [-0.05, 0) is 42.7 Å². The summed E-state index contributed by atoms with van der Waals surface area (Å²) in [6.07, 6.45) is 4.76. The number of nitro benzene ring substituents is 1. The zero-order valence-electron chi connectivity index (χ0n) is 19.6. The zero-order chi connectivity index (χ0) is 25.8. The van der Waals surface area contributed by atoms with Gasteiger partial charge in [-0.25, -0.2) is 4.98 Å². The summed E-state index contributed by atoms with van der Waals surface area (Å²) in [7, 11) is 3.05. The number of halogens is 2. The fourth-order valence-electron chi connectivity index (χ4n) is 4.07. The Kier molecular flexibility index (Phi) is 8.13. The Labute approximate surface area is 222 Å². The number of rotatable bonds is 7. The molecular formula is C25H23Cl2N3O5S. The largest absolute Gasteiger partial charge is 0.493 e. The summed E-state index contributed by atoms with van der Waals surface area (Å²) in [5.74, 6) is 1.07. The van der Waals surface area contributed by atoms with Crippen molar-refractivity contribution in [3.05, 3.63) is 72.5 Å². The molecule has 0 bridgehead atoms. The van der Waals surface area contributed by atoms with E-state index in [1.165, 1.54) is 43.8 Å². The molecule has 0 saturated carbocycles. The number of piperidine rings is 1. The van der Waals surface area contributed by atoms with E-state index in [1.807, 2.05) is 5.38 Å². The van der Waals surface area contributed by atoms with E-state index in [-0.39, 0.29) is 22.5 Å². The lowest BCUT2D eigenvalue weighted by Crippen LogP contribution is -2.36. The molecule has 11 heteroatoms. The Morgan fingerprint density at radius 1 is 1.19 bits per heavy atom. The molecule has 1 aliphatic rings. The van der Waals surface area contributed by atoms with Gasteiger partial charge in [0.2, 0.25) is 5.91 Å². The van der Waals surface area contributed by atoms with Gasteiger partial charge in [0.25, 0.3) is 5.69 Å². The molecule has 1 amide bonds. The molecule has 1 saturated heterocycles. The monoisotopic (exact) mass is 547 g/mol. The summed E-state index contributed by atoms with van der Waals surface area (Å²) in [5, 5.41) is 14.5. The average Bonchev–Trinajstić information content (AvgIpc) is 3.38. The average molecular weight is 548 g/mol. The van der Waals surface area contributed by atoms with Crippen LogP contribution in [-0.2, 0) is 4.79 Å². The Hall–Kier alpha value is -3.14. The summed E-state index contributed by atoms with van der Waals surface area (Å²) >= 11 is 13.8. The maximum Gasteiger partial charge on any atom is 0.288 e. The molecule has 0 aliphatic carbocycles. The molecule has 0 radical (unpaired) electrons. The van der Waals surface area contributed by atoms with Crippen LogP contribution in [0.3, 0.4) is 0 Å². The molecule has 1 aliphatic heterocycles. The van der Waals surface area contributed by atoms with E-state index in [0.29, 0.717) is 46.4 Å². The Morgan fingerprint density at radius 2 is 1.94 bits per heavy atom. The van der Waals surface area contributed by atoms with E-state index >= 15 is 0 Å². The van der Waals surface area contributed by atoms with Crippen molar-refractivity contribution < 1.29 is 19.2 Å². The number of benzene rings is 2. The molecule has 188 valence electrons. The molecule has 2 aromatic carbocycles. The summed E-state index contributed by atoms with van der Waals surface area (Å²) in [6.45, 7) is 1.21. The van der Waals surface area contributed by atoms with Crippen molar-refractivity contribution in [3.63, 3.8) is 0 Å². The second-order valence-electron chi connectivity index (χ2n) is 8.13. The van der Waals surface area contributed by atoms with Gasteiger partial charge in [-0.1, -0.05) is 29.3 Å². The number of likely N-dealkylation sites (tertiary alicyclic amines) is 1. The van der Waals surface area contributed by atoms with Crippen LogP contribution in [-0.4, -0.2) is 48.0 Å². The number of carbonyl (C=O) groups excluding carboxylic acids is 1. The van der Waals surface area contributed by atoms with Crippen LogP contribution in [0, 0.1) is 10.1 Å². The summed E-state index contributed by atoms with van der Waals surface area (Å²) in [5.41, 5.74) is 1.86. The molecule has 1 aromatic heterocycles.